The molecule has 2 aromatic rings. The second-order valence-electron chi connectivity index (χ2n) is 5.12. The van der Waals surface area contributed by atoms with Crippen LogP contribution in [0.3, 0.4) is 0 Å². The zero-order valence-electron chi connectivity index (χ0n) is 12.0. The van der Waals surface area contributed by atoms with Gasteiger partial charge in [0.1, 0.15) is 4.99 Å². The number of unbranched alkanes of at least 4 members (excludes halogenated alkanes) is 1. The summed E-state index contributed by atoms with van der Waals surface area (Å²) in [6.45, 7) is 4.39. The SMILES string of the molecule is CCCCC(C)Nc1c(C(N)=S)cnc2ccccc12. The van der Waals surface area contributed by atoms with Crippen molar-refractivity contribution in [3.8, 4) is 0 Å². The van der Waals surface area contributed by atoms with Crippen LogP contribution in [0, 0.1) is 0 Å². The molecule has 0 aliphatic rings. The van der Waals surface area contributed by atoms with Crippen molar-refractivity contribution in [1.82, 2.24) is 4.98 Å². The van der Waals surface area contributed by atoms with Gasteiger partial charge >= 0.3 is 0 Å². The monoisotopic (exact) mass is 287 g/mol. The van der Waals surface area contributed by atoms with Gasteiger partial charge in [-0.3, -0.25) is 4.98 Å². The number of anilines is 1. The van der Waals surface area contributed by atoms with Gasteiger partial charge in [-0.15, -0.1) is 0 Å². The first-order chi connectivity index (χ1) is 9.63. The van der Waals surface area contributed by atoms with Gasteiger partial charge in [0.2, 0.25) is 0 Å². The zero-order valence-corrected chi connectivity index (χ0v) is 12.8. The van der Waals surface area contributed by atoms with Crippen molar-refractivity contribution in [3.05, 3.63) is 36.0 Å². The fourth-order valence-electron chi connectivity index (χ4n) is 2.31. The second kappa shape index (κ2) is 6.66. The molecule has 106 valence electrons. The summed E-state index contributed by atoms with van der Waals surface area (Å²) in [6, 6.07) is 8.43. The molecule has 2 rings (SSSR count). The molecule has 1 heterocycles. The first kappa shape index (κ1) is 14.7. The molecule has 1 atom stereocenters. The van der Waals surface area contributed by atoms with Gasteiger partial charge in [0.05, 0.1) is 16.8 Å². The molecule has 4 heteroatoms. The van der Waals surface area contributed by atoms with Crippen molar-refractivity contribution >= 4 is 33.8 Å². The summed E-state index contributed by atoms with van der Waals surface area (Å²) in [5.74, 6) is 0. The van der Waals surface area contributed by atoms with Gasteiger partial charge in [0.25, 0.3) is 0 Å². The van der Waals surface area contributed by atoms with Crippen LogP contribution < -0.4 is 11.1 Å². The molecule has 1 aromatic heterocycles. The third-order valence-electron chi connectivity index (χ3n) is 3.42. The molecule has 0 fully saturated rings. The van der Waals surface area contributed by atoms with Gasteiger partial charge in [-0.05, 0) is 19.4 Å². The number of benzene rings is 1. The minimum absolute atomic E-state index is 0.383. The van der Waals surface area contributed by atoms with E-state index in [1.165, 1.54) is 12.8 Å². The molecule has 0 bridgehead atoms. The van der Waals surface area contributed by atoms with E-state index in [0.717, 1.165) is 28.6 Å². The Labute approximate surface area is 125 Å². The first-order valence-corrected chi connectivity index (χ1v) is 7.48. The summed E-state index contributed by atoms with van der Waals surface area (Å²) in [4.78, 5) is 4.81. The number of fused-ring (bicyclic) bond motifs is 1. The van der Waals surface area contributed by atoms with E-state index in [-0.39, 0.29) is 0 Å². The van der Waals surface area contributed by atoms with Crippen LogP contribution in [0.25, 0.3) is 10.9 Å². The van der Waals surface area contributed by atoms with Gasteiger partial charge in [-0.25, -0.2) is 0 Å². The Morgan fingerprint density at radius 3 is 2.85 bits per heavy atom. The maximum atomic E-state index is 5.83. The smallest absolute Gasteiger partial charge is 0.107 e. The largest absolute Gasteiger partial charge is 0.389 e. The van der Waals surface area contributed by atoms with E-state index in [4.69, 9.17) is 18.0 Å². The standard InChI is InChI=1S/C16H21N3S/c1-3-4-7-11(2)19-15-12-8-5-6-9-14(12)18-10-13(15)16(17)20/h5-6,8-11H,3-4,7H2,1-2H3,(H2,17,20)(H,18,19). The molecular formula is C16H21N3S. The van der Waals surface area contributed by atoms with E-state index in [0.29, 0.717) is 11.0 Å². The minimum atomic E-state index is 0.383. The van der Waals surface area contributed by atoms with Crippen molar-refractivity contribution in [2.45, 2.75) is 39.2 Å². The molecule has 1 unspecified atom stereocenters. The Bertz CT molecular complexity index is 610. The third-order valence-corrected chi connectivity index (χ3v) is 3.64. The van der Waals surface area contributed by atoms with Crippen LogP contribution in [-0.2, 0) is 0 Å². The normalized spacial score (nSPS) is 12.3. The van der Waals surface area contributed by atoms with E-state index >= 15 is 0 Å². The summed E-state index contributed by atoms with van der Waals surface area (Å²) in [7, 11) is 0. The van der Waals surface area contributed by atoms with E-state index in [1.54, 1.807) is 6.20 Å². The predicted molar refractivity (Wildman–Crippen MR) is 90.2 cm³/mol. The number of hydrogen-bond donors (Lipinski definition) is 2. The summed E-state index contributed by atoms with van der Waals surface area (Å²) in [5, 5.41) is 4.63. The number of para-hydroxylation sites is 1. The van der Waals surface area contributed by atoms with Gasteiger partial charge in [-0.2, -0.15) is 0 Å². The number of pyridine rings is 1. The molecule has 0 aliphatic carbocycles. The average molecular weight is 287 g/mol. The lowest BCUT2D eigenvalue weighted by Gasteiger charge is -2.19. The van der Waals surface area contributed by atoms with E-state index < -0.39 is 0 Å². The maximum absolute atomic E-state index is 5.83. The lowest BCUT2D eigenvalue weighted by molar-refractivity contribution is 0.645. The van der Waals surface area contributed by atoms with E-state index in [9.17, 15) is 0 Å². The number of nitrogens with one attached hydrogen (secondary N) is 1. The van der Waals surface area contributed by atoms with Crippen molar-refractivity contribution in [2.24, 2.45) is 5.73 Å². The molecule has 0 saturated heterocycles. The van der Waals surface area contributed by atoms with Crippen LogP contribution in [0.2, 0.25) is 0 Å². The fourth-order valence-corrected chi connectivity index (χ4v) is 2.47. The third kappa shape index (κ3) is 3.25. The van der Waals surface area contributed by atoms with Crippen molar-refractivity contribution in [2.75, 3.05) is 5.32 Å². The highest BCUT2D eigenvalue weighted by Gasteiger charge is 2.12. The fraction of sp³-hybridized carbons (Fsp3) is 0.375. The summed E-state index contributed by atoms with van der Waals surface area (Å²) in [5.41, 5.74) is 8.62. The lowest BCUT2D eigenvalue weighted by atomic mass is 10.1. The van der Waals surface area contributed by atoms with Crippen LogP contribution in [0.15, 0.2) is 30.5 Å². The summed E-state index contributed by atoms with van der Waals surface area (Å²) < 4.78 is 0. The van der Waals surface area contributed by atoms with Gasteiger partial charge in [0, 0.05) is 17.6 Å². The molecule has 1 aromatic carbocycles. The number of nitrogens with two attached hydrogens (primary N) is 1. The topological polar surface area (TPSA) is 50.9 Å². The molecular weight excluding hydrogens is 266 g/mol. The highest BCUT2D eigenvalue weighted by molar-refractivity contribution is 7.80. The zero-order chi connectivity index (χ0) is 14.5. The number of aromatic nitrogens is 1. The predicted octanol–water partition coefficient (Wildman–Crippen LogP) is 3.86. The number of nitrogens with zero attached hydrogens (tertiary/aromatic N) is 1. The van der Waals surface area contributed by atoms with Crippen molar-refractivity contribution in [3.63, 3.8) is 0 Å². The molecule has 3 nitrogen and oxygen atoms in total. The van der Waals surface area contributed by atoms with E-state index in [1.807, 2.05) is 18.2 Å². The molecule has 0 saturated carbocycles. The van der Waals surface area contributed by atoms with Gasteiger partial charge in [0.15, 0.2) is 0 Å². The summed E-state index contributed by atoms with van der Waals surface area (Å²) in [6.07, 6.45) is 5.30. The Morgan fingerprint density at radius 2 is 2.15 bits per heavy atom. The number of hydrogen-bond acceptors (Lipinski definition) is 3. The van der Waals surface area contributed by atoms with E-state index in [2.05, 4.69) is 30.2 Å². The Kier molecular flexibility index (Phi) is 4.90. The van der Waals surface area contributed by atoms with Crippen LogP contribution >= 0.6 is 12.2 Å². The molecule has 20 heavy (non-hydrogen) atoms. The van der Waals surface area contributed by atoms with Crippen molar-refractivity contribution in [1.29, 1.82) is 0 Å². The Morgan fingerprint density at radius 1 is 1.40 bits per heavy atom. The lowest BCUT2D eigenvalue weighted by Crippen LogP contribution is -2.20. The van der Waals surface area contributed by atoms with Gasteiger partial charge < -0.3 is 11.1 Å². The van der Waals surface area contributed by atoms with Gasteiger partial charge in [-0.1, -0.05) is 50.2 Å². The highest BCUT2D eigenvalue weighted by Crippen LogP contribution is 2.27. The van der Waals surface area contributed by atoms with Crippen LogP contribution in [0.1, 0.15) is 38.7 Å². The van der Waals surface area contributed by atoms with Crippen LogP contribution in [-0.4, -0.2) is 16.0 Å². The molecule has 3 N–H and O–H groups in total. The van der Waals surface area contributed by atoms with Crippen LogP contribution in [0.4, 0.5) is 5.69 Å². The highest BCUT2D eigenvalue weighted by atomic mass is 32.1. The Balaban J connectivity index is 2.41. The Hall–Kier alpha value is -1.68. The maximum Gasteiger partial charge on any atom is 0.107 e. The average Bonchev–Trinajstić information content (AvgIpc) is 2.45. The molecule has 0 amide bonds. The second-order valence-corrected chi connectivity index (χ2v) is 5.56. The van der Waals surface area contributed by atoms with Crippen molar-refractivity contribution < 1.29 is 0 Å². The summed E-state index contributed by atoms with van der Waals surface area (Å²) >= 11 is 5.15. The molecule has 0 spiro atoms. The minimum Gasteiger partial charge on any atom is -0.389 e. The quantitative estimate of drug-likeness (QED) is 0.792. The first-order valence-electron chi connectivity index (χ1n) is 7.07. The molecule has 0 radical (unpaired) electrons. The van der Waals surface area contributed by atoms with Crippen LogP contribution in [0.5, 0.6) is 0 Å². The molecule has 0 aliphatic heterocycles. The number of rotatable bonds is 6. The number of thiocarbonyl (C=S) groups is 1.